The molecule has 10 aliphatic rings. The van der Waals surface area contributed by atoms with Gasteiger partial charge in [-0.1, -0.05) is 91.0 Å². The Hall–Kier alpha value is -12.2. The number of aryl methyl sites for hydroxylation is 5. The molecule has 20 rings (SSSR count). The number of nitrogens with zero attached hydrogens (tertiary/aromatic N) is 14. The van der Waals surface area contributed by atoms with Crippen molar-refractivity contribution < 1.29 is 71.2 Å². The number of nitrogen functional groups attached to an aromatic ring is 5. The zero-order chi connectivity index (χ0) is 102. The van der Waals surface area contributed by atoms with Crippen LogP contribution < -0.4 is 55.3 Å². The van der Waals surface area contributed by atoms with Crippen LogP contribution in [0.1, 0.15) is 258 Å². The van der Waals surface area contributed by atoms with Gasteiger partial charge in [0.1, 0.15) is 29.1 Å². The Balaban J connectivity index is 0.000000130. The van der Waals surface area contributed by atoms with Gasteiger partial charge in [0.25, 0.3) is 23.6 Å². The number of aromatic nitrogens is 10. The second-order valence-electron chi connectivity index (χ2n) is 37.9. The minimum absolute atomic E-state index is 0.163. The Morgan fingerprint density at radius 3 is 0.858 bits per heavy atom. The molecule has 0 radical (unpaired) electrons. The highest BCUT2D eigenvalue weighted by atomic mass is 32.2. The van der Waals surface area contributed by atoms with Gasteiger partial charge < -0.3 is 60.4 Å². The predicted octanol–water partition coefficient (Wildman–Crippen LogP) is 9.42. The van der Waals surface area contributed by atoms with Crippen molar-refractivity contribution in [2.24, 2.45) is 0 Å². The number of nitrogens with two attached hydrogens (primary N) is 5. The number of H-pyrrole nitrogens is 1. The molecule has 10 atom stereocenters. The van der Waals surface area contributed by atoms with Gasteiger partial charge in [-0.3, -0.25) is 29.1 Å². The molecule has 10 aliphatic heterocycles. The first-order valence-electron chi connectivity index (χ1n) is 47.1. The Kier molecular flexibility index (Phi) is 29.5. The Bertz CT molecular complexity index is 6870. The van der Waals surface area contributed by atoms with Gasteiger partial charge in [0.15, 0.2) is 0 Å². The number of hydrogen-bond acceptors (Lipinski definition) is 30. The number of fused-ring (bicyclic) bond motifs is 10. The Morgan fingerprint density at radius 1 is 0.326 bits per heavy atom. The van der Waals surface area contributed by atoms with Crippen LogP contribution in [0.25, 0.3) is 0 Å². The highest BCUT2D eigenvalue weighted by molar-refractivity contribution is 7.89. The van der Waals surface area contributed by atoms with Gasteiger partial charge in [0.2, 0.25) is 50.1 Å². The average molecular weight is 2040 g/mol. The molecule has 0 saturated carbocycles. The maximum Gasteiger partial charge on any atom is 0.311 e. The monoisotopic (exact) mass is 2030 g/mol. The zero-order valence-electron chi connectivity index (χ0n) is 81.8. The van der Waals surface area contributed by atoms with Gasteiger partial charge in [0.05, 0.1) is 120 Å². The molecule has 758 valence electrons. The standard InChI is InChI=1S/4C19H25N5O3S.C11H13NO2.C8H14N4O2S/c2*1-11-5-4-6-13-14(7-9-21-16(11)13)19(25)24-17-12(2)23(28(3,26)27)10-8-15(17)18(20)22-24;2*1-11-5-4-6-13-14(7-9-21-16(11)13)19(25)24-18(20)15-8-10-23(28(3,26)27)12(2)17(15)22-24;1-7-3-2-4-8-9(11(13)14)5-6-12-10(7)8;1-5-7-6(8(9)11-10-7)3-4-12(5)15(2,13)14/h2*4-6,12,14,21H,7-10H2,1-3H3,(H2,20,22);2*4-6,12,14,21H,7-10,20H2,1-3H3;2-4,9,12H,5-6H2,1H3,(H,13,14);5H,3-4H2,1-2H3,(H3,9,10,11). The fourth-order valence-electron chi connectivity index (χ4n) is 21.7. The summed E-state index contributed by atoms with van der Waals surface area (Å²) >= 11 is 0. The zero-order valence-corrected chi connectivity index (χ0v) is 85.9. The Morgan fingerprint density at radius 2 is 0.574 bits per heavy atom. The average Bonchev–Trinajstić information content (AvgIpc) is 1.61. The lowest BCUT2D eigenvalue weighted by molar-refractivity contribution is -0.139. The van der Waals surface area contributed by atoms with E-state index >= 15 is 0 Å². The Labute approximate surface area is 822 Å². The highest BCUT2D eigenvalue weighted by Gasteiger charge is 2.45. The minimum atomic E-state index is -3.40. The molecule has 0 aliphatic carbocycles. The van der Waals surface area contributed by atoms with E-state index < -0.39 is 80.3 Å². The molecule has 5 aromatic heterocycles. The molecule has 0 bridgehead atoms. The van der Waals surface area contributed by atoms with E-state index in [1.54, 1.807) is 27.7 Å². The number of benzene rings is 5. The van der Waals surface area contributed by atoms with E-state index in [4.69, 9.17) is 33.8 Å². The van der Waals surface area contributed by atoms with E-state index in [1.807, 2.05) is 133 Å². The quantitative estimate of drug-likeness (QED) is 0.0606. The molecule has 0 spiro atoms. The third-order valence-corrected chi connectivity index (χ3v) is 35.5. The summed E-state index contributed by atoms with van der Waals surface area (Å²) < 4.78 is 132. The number of aromatic amines is 1. The molecule has 17 N–H and O–H groups in total. The van der Waals surface area contributed by atoms with Crippen LogP contribution in [0, 0.1) is 34.6 Å². The van der Waals surface area contributed by atoms with Gasteiger partial charge in [-0.05, 0) is 189 Å². The molecule has 15 heterocycles. The first kappa shape index (κ1) is 103. The molecule has 0 fully saturated rings. The molecular weight excluding hydrogens is 1910 g/mol. The van der Waals surface area contributed by atoms with Crippen LogP contribution in [0.4, 0.5) is 57.5 Å². The molecule has 0 amide bonds. The second kappa shape index (κ2) is 40.3. The van der Waals surface area contributed by atoms with Crippen molar-refractivity contribution in [1.82, 2.24) is 70.8 Å². The van der Waals surface area contributed by atoms with Crippen molar-refractivity contribution >= 4 is 137 Å². The lowest BCUT2D eigenvalue weighted by Gasteiger charge is -2.33. The molecule has 141 heavy (non-hydrogen) atoms. The van der Waals surface area contributed by atoms with Crippen LogP contribution in [0.3, 0.4) is 0 Å². The van der Waals surface area contributed by atoms with Crippen LogP contribution in [-0.2, 0) is 87.0 Å². The van der Waals surface area contributed by atoms with Crippen molar-refractivity contribution in [3.05, 3.63) is 203 Å². The third kappa shape index (κ3) is 20.3. The number of hydrogen-bond donors (Lipinski definition) is 12. The summed E-state index contributed by atoms with van der Waals surface area (Å²) in [6, 6.07) is 27.4. The van der Waals surface area contributed by atoms with Crippen molar-refractivity contribution in [2.45, 2.75) is 193 Å². The molecule has 41 nitrogen and oxygen atoms in total. The number of carbonyl (C=O) groups excluding carboxylic acids is 4. The van der Waals surface area contributed by atoms with Gasteiger partial charge in [-0.25, -0.2) is 51.5 Å². The largest absolute Gasteiger partial charge is 0.481 e. The number of sulfonamides is 5. The van der Waals surface area contributed by atoms with Crippen LogP contribution in [0.5, 0.6) is 0 Å². The van der Waals surface area contributed by atoms with Crippen molar-refractivity contribution in [3.63, 3.8) is 0 Å². The van der Waals surface area contributed by atoms with Crippen LogP contribution in [-0.4, -0.2) is 244 Å². The highest BCUT2D eigenvalue weighted by Crippen LogP contribution is 2.46. The number of para-hydroxylation sites is 5. The van der Waals surface area contributed by atoms with Crippen molar-refractivity contribution in [3.8, 4) is 0 Å². The predicted molar refractivity (Wildman–Crippen MR) is 543 cm³/mol. The molecule has 46 heteroatoms. The summed E-state index contributed by atoms with van der Waals surface area (Å²) in [5, 5.41) is 50.1. The van der Waals surface area contributed by atoms with Gasteiger partial charge >= 0.3 is 5.97 Å². The summed E-state index contributed by atoms with van der Waals surface area (Å²) in [4.78, 5) is 64.7. The lowest BCUT2D eigenvalue weighted by Crippen LogP contribution is -2.40. The van der Waals surface area contributed by atoms with E-state index in [9.17, 15) is 66.1 Å². The summed E-state index contributed by atoms with van der Waals surface area (Å²) in [6.45, 7) is 24.4. The molecular formula is C95H127N25O16S5. The van der Waals surface area contributed by atoms with Gasteiger partial charge in [-0.15, -0.1) is 10.2 Å². The number of anilines is 10. The molecule has 0 saturated heterocycles. The first-order chi connectivity index (χ1) is 66.4. The molecule has 5 aromatic carbocycles. The van der Waals surface area contributed by atoms with Crippen LogP contribution in [0.2, 0.25) is 0 Å². The second-order valence-corrected chi connectivity index (χ2v) is 47.5. The number of rotatable bonds is 10. The first-order valence-corrected chi connectivity index (χ1v) is 56.4. The third-order valence-electron chi connectivity index (χ3n) is 28.8. The number of carboxylic acid groups (broad SMARTS) is 1. The summed E-state index contributed by atoms with van der Waals surface area (Å²) in [6.07, 6.45) is 11.7. The minimum Gasteiger partial charge on any atom is -0.481 e. The molecule has 10 unspecified atom stereocenters. The lowest BCUT2D eigenvalue weighted by atomic mass is 9.88. The SMILES string of the molecule is CC1c2[nH]nc(N)c2CCN1S(C)(=O)=O.Cc1cccc2c1NCCC2C(=O)O.Cc1cccc2c1NCCC2C(=O)n1nc(N)c2c1C(C)N(S(C)(=O)=O)CC2.Cc1cccc2c1NCCC2C(=O)n1nc(N)c2c1C(C)N(S(C)(=O)=O)CC2.Cc1cccc2c1NCCC2C(=O)n1nc2c(c1N)CCN(S(C)(=O)=O)C2C.Cc1cccc2c1NCCC2C(=O)n1nc2c(c1N)CCN(S(C)(=O)=O)C2C. The summed E-state index contributed by atoms with van der Waals surface area (Å²) in [5.41, 5.74) is 52.8. The molecule has 10 aromatic rings. The van der Waals surface area contributed by atoms with Crippen LogP contribution >= 0.6 is 0 Å². The fraction of sp³-hybridized carbons (Fsp3) is 0.474. The van der Waals surface area contributed by atoms with Crippen molar-refractivity contribution in [1.29, 1.82) is 0 Å². The maximum absolute atomic E-state index is 13.5. The van der Waals surface area contributed by atoms with E-state index in [2.05, 4.69) is 57.2 Å². The maximum atomic E-state index is 13.5. The number of carbonyl (C=O) groups is 5. The van der Waals surface area contributed by atoms with Gasteiger partial charge in [-0.2, -0.15) is 46.2 Å². The van der Waals surface area contributed by atoms with Crippen LogP contribution in [0.15, 0.2) is 91.0 Å². The van der Waals surface area contributed by atoms with E-state index in [0.717, 1.165) is 124 Å². The van der Waals surface area contributed by atoms with E-state index in [0.29, 0.717) is 175 Å². The van der Waals surface area contributed by atoms with Gasteiger partial charge in [0, 0.05) is 122 Å². The normalized spacial score (nSPS) is 22.0. The number of nitrogens with one attached hydrogen (secondary N) is 6. The van der Waals surface area contributed by atoms with E-state index in [1.165, 1.54) is 71.5 Å². The van der Waals surface area contributed by atoms with Crippen molar-refractivity contribution in [2.75, 3.05) is 152 Å². The fourth-order valence-corrected chi connectivity index (χ4v) is 27.1. The topological polar surface area (TPSA) is 583 Å². The van der Waals surface area contributed by atoms with E-state index in [-0.39, 0.29) is 59.3 Å². The summed E-state index contributed by atoms with van der Waals surface area (Å²) in [7, 11) is -16.7. The smallest absolute Gasteiger partial charge is 0.311 e. The number of aliphatic carboxylic acids is 1. The summed E-state index contributed by atoms with van der Waals surface area (Å²) in [5.74, 6) is -1.34. The number of carboxylic acids is 1.